The molecule has 0 aliphatic rings. The molecule has 0 bridgehead atoms. The molecule has 0 saturated carbocycles. The average Bonchev–Trinajstić information content (AvgIpc) is 3.46. The molecule has 11 heteroatoms. The zero-order valence-corrected chi connectivity index (χ0v) is 19.1. The van der Waals surface area contributed by atoms with Crippen LogP contribution in [0.4, 0.5) is 0 Å². The van der Waals surface area contributed by atoms with Gasteiger partial charge in [0, 0.05) is 35.1 Å². The molecule has 0 fully saturated rings. The number of hydrogen-bond acceptors (Lipinski definition) is 5. The first-order valence-electron chi connectivity index (χ1n) is 10.4. The number of benzene rings is 2. The molecule has 4 N–H and O–H groups in total. The maximum absolute atomic E-state index is 13.3. The van der Waals surface area contributed by atoms with Gasteiger partial charge < -0.3 is 10.8 Å². The Balaban J connectivity index is 1.48. The summed E-state index contributed by atoms with van der Waals surface area (Å²) in [6, 6.07) is 15.6. The van der Waals surface area contributed by atoms with Crippen molar-refractivity contribution < 1.29 is 0 Å². The van der Waals surface area contributed by atoms with E-state index in [1.807, 2.05) is 48.7 Å². The molecule has 168 valence electrons. The molecule has 0 aliphatic carbocycles. The highest BCUT2D eigenvalue weighted by Crippen LogP contribution is 2.19. The lowest BCUT2D eigenvalue weighted by Crippen LogP contribution is -2.28. The third-order valence-electron chi connectivity index (χ3n) is 5.62. The van der Waals surface area contributed by atoms with Crippen LogP contribution >= 0.6 is 23.8 Å². The molecule has 3 aromatic heterocycles. The Morgan fingerprint density at radius 1 is 1.09 bits per heavy atom. The zero-order valence-electron chi connectivity index (χ0n) is 17.5. The van der Waals surface area contributed by atoms with Gasteiger partial charge in [-0.25, -0.2) is 14.2 Å². The molecule has 0 radical (unpaired) electrons. The number of para-hydroxylation sites is 1. The smallest absolute Gasteiger partial charge is 0.346 e. The number of rotatable bonds is 7. The molecule has 33 heavy (non-hydrogen) atoms. The van der Waals surface area contributed by atoms with Gasteiger partial charge in [0.25, 0.3) is 0 Å². The minimum absolute atomic E-state index is 0.107. The molecule has 9 nitrogen and oxygen atoms in total. The molecule has 0 saturated heterocycles. The van der Waals surface area contributed by atoms with Gasteiger partial charge >= 0.3 is 5.69 Å². The van der Waals surface area contributed by atoms with E-state index in [4.69, 9.17) is 29.7 Å². The summed E-state index contributed by atoms with van der Waals surface area (Å²) in [5, 5.41) is 13.1. The molecule has 2 aromatic carbocycles. The highest BCUT2D eigenvalue weighted by molar-refractivity contribution is 7.71. The van der Waals surface area contributed by atoms with Crippen molar-refractivity contribution in [2.75, 3.05) is 5.84 Å². The van der Waals surface area contributed by atoms with Crippen molar-refractivity contribution in [3.63, 3.8) is 0 Å². The fraction of sp³-hybridized carbons (Fsp3) is 0.182. The van der Waals surface area contributed by atoms with Crippen molar-refractivity contribution in [2.45, 2.75) is 25.9 Å². The van der Waals surface area contributed by atoms with E-state index in [1.165, 1.54) is 9.36 Å². The Hall–Kier alpha value is -3.63. The highest BCUT2D eigenvalue weighted by atomic mass is 35.5. The van der Waals surface area contributed by atoms with Crippen LogP contribution in [0.5, 0.6) is 0 Å². The van der Waals surface area contributed by atoms with Crippen LogP contribution in [0, 0.1) is 4.77 Å². The Labute approximate surface area is 198 Å². The molecular formula is C22H21ClN8OS. The van der Waals surface area contributed by atoms with Crippen LogP contribution in [-0.4, -0.2) is 34.2 Å². The fourth-order valence-electron chi connectivity index (χ4n) is 3.88. The van der Waals surface area contributed by atoms with E-state index in [0.29, 0.717) is 36.1 Å². The number of H-pyrrole nitrogens is 2. The molecule has 3 heterocycles. The summed E-state index contributed by atoms with van der Waals surface area (Å²) in [5.74, 6) is 6.98. The summed E-state index contributed by atoms with van der Waals surface area (Å²) < 4.78 is 4.59. The minimum atomic E-state index is -0.229. The van der Waals surface area contributed by atoms with Crippen LogP contribution < -0.4 is 11.5 Å². The summed E-state index contributed by atoms with van der Waals surface area (Å²) in [4.78, 5) is 16.6. The fourth-order valence-corrected chi connectivity index (χ4v) is 4.16. The van der Waals surface area contributed by atoms with E-state index >= 15 is 0 Å². The lowest BCUT2D eigenvalue weighted by Gasteiger charge is -2.06. The molecule has 5 rings (SSSR count). The van der Waals surface area contributed by atoms with Crippen molar-refractivity contribution >= 4 is 34.7 Å². The first-order chi connectivity index (χ1) is 16.0. The third-order valence-corrected chi connectivity index (χ3v) is 6.16. The number of nitrogen functional groups attached to an aromatic ring is 1. The van der Waals surface area contributed by atoms with E-state index in [-0.39, 0.29) is 17.0 Å². The van der Waals surface area contributed by atoms with Gasteiger partial charge in [-0.1, -0.05) is 41.9 Å². The van der Waals surface area contributed by atoms with Gasteiger partial charge in [-0.3, -0.25) is 9.67 Å². The van der Waals surface area contributed by atoms with Crippen LogP contribution in [-0.2, 0) is 25.9 Å². The van der Waals surface area contributed by atoms with Gasteiger partial charge in [-0.05, 0) is 48.0 Å². The second kappa shape index (κ2) is 8.72. The quantitative estimate of drug-likeness (QED) is 0.244. The normalized spacial score (nSPS) is 11.4. The van der Waals surface area contributed by atoms with Crippen molar-refractivity contribution in [1.29, 1.82) is 0 Å². The van der Waals surface area contributed by atoms with Gasteiger partial charge in [0.1, 0.15) is 12.4 Å². The zero-order chi connectivity index (χ0) is 22.9. The predicted molar refractivity (Wildman–Crippen MR) is 129 cm³/mol. The van der Waals surface area contributed by atoms with Gasteiger partial charge in [-0.15, -0.1) is 0 Å². The number of hydrogen-bond donors (Lipinski definition) is 3. The van der Waals surface area contributed by atoms with Crippen LogP contribution in [0.3, 0.4) is 0 Å². The number of fused-ring (bicyclic) bond motifs is 1. The van der Waals surface area contributed by atoms with E-state index in [1.54, 1.807) is 4.57 Å². The Kier molecular flexibility index (Phi) is 5.61. The number of nitrogens with zero attached hydrogens (tertiary/aromatic N) is 5. The SMILES string of the molecule is Nn1c(Cn2nc(Cc3ccc(Cl)cc3)n(CCc3c[nH]c4ccccc34)c2=O)n[nH]c1=S. The first-order valence-corrected chi connectivity index (χ1v) is 11.2. The first kappa shape index (κ1) is 21.2. The number of aromatic amines is 2. The average molecular weight is 481 g/mol. The number of nitrogens with one attached hydrogen (secondary N) is 2. The molecule has 0 aliphatic heterocycles. The summed E-state index contributed by atoms with van der Waals surface area (Å²) in [6.45, 7) is 0.593. The van der Waals surface area contributed by atoms with Gasteiger partial charge in [-0.2, -0.15) is 10.2 Å². The number of aryl methyl sites for hydroxylation is 1. The van der Waals surface area contributed by atoms with Gasteiger partial charge in [0.2, 0.25) is 4.77 Å². The maximum atomic E-state index is 13.3. The van der Waals surface area contributed by atoms with E-state index in [0.717, 1.165) is 22.0 Å². The number of halogens is 1. The van der Waals surface area contributed by atoms with E-state index in [9.17, 15) is 4.79 Å². The topological polar surface area (TPSA) is 115 Å². The second-order valence-electron chi connectivity index (χ2n) is 7.74. The predicted octanol–water partition coefficient (Wildman–Crippen LogP) is 3.03. The largest absolute Gasteiger partial charge is 0.361 e. The lowest BCUT2D eigenvalue weighted by atomic mass is 10.1. The maximum Gasteiger partial charge on any atom is 0.346 e. The summed E-state index contributed by atoms with van der Waals surface area (Å²) in [7, 11) is 0. The molecule has 0 unspecified atom stereocenters. The summed E-state index contributed by atoms with van der Waals surface area (Å²) >= 11 is 11.1. The monoisotopic (exact) mass is 480 g/mol. The van der Waals surface area contributed by atoms with E-state index in [2.05, 4.69) is 26.3 Å². The van der Waals surface area contributed by atoms with Crippen LogP contribution in [0.15, 0.2) is 59.5 Å². The molecular weight excluding hydrogens is 460 g/mol. The summed E-state index contributed by atoms with van der Waals surface area (Å²) in [6.07, 6.45) is 3.16. The standard InChI is InChI=1S/C22H21ClN8OS/c23-16-7-5-14(6-8-16)11-19-28-30(13-20-26-27-21(33)31(20)24)22(32)29(19)10-9-15-12-25-18-4-2-1-3-17(15)18/h1-8,12,25H,9-11,13,24H2,(H,27,33). The third kappa shape index (κ3) is 4.22. The lowest BCUT2D eigenvalue weighted by molar-refractivity contribution is 0.590. The second-order valence-corrected chi connectivity index (χ2v) is 8.56. The molecule has 0 atom stereocenters. The van der Waals surface area contributed by atoms with Crippen molar-refractivity contribution in [2.24, 2.45) is 0 Å². The van der Waals surface area contributed by atoms with Gasteiger partial charge in [0.05, 0.1) is 0 Å². The Bertz CT molecular complexity index is 1540. The van der Waals surface area contributed by atoms with E-state index < -0.39 is 0 Å². The molecule has 0 spiro atoms. The number of aromatic nitrogens is 7. The minimum Gasteiger partial charge on any atom is -0.361 e. The van der Waals surface area contributed by atoms with Crippen LogP contribution in [0.2, 0.25) is 5.02 Å². The van der Waals surface area contributed by atoms with Crippen LogP contribution in [0.25, 0.3) is 10.9 Å². The number of nitrogens with two attached hydrogens (primary N) is 1. The van der Waals surface area contributed by atoms with Gasteiger partial charge in [0.15, 0.2) is 5.82 Å². The Morgan fingerprint density at radius 2 is 1.88 bits per heavy atom. The summed E-state index contributed by atoms with van der Waals surface area (Å²) in [5.41, 5.74) is 2.99. The van der Waals surface area contributed by atoms with Crippen molar-refractivity contribution in [3.8, 4) is 0 Å². The van der Waals surface area contributed by atoms with Crippen LogP contribution in [0.1, 0.15) is 22.8 Å². The Morgan fingerprint density at radius 3 is 2.64 bits per heavy atom. The molecule has 5 aromatic rings. The highest BCUT2D eigenvalue weighted by Gasteiger charge is 2.17. The van der Waals surface area contributed by atoms with Crippen molar-refractivity contribution in [3.05, 3.63) is 97.8 Å². The van der Waals surface area contributed by atoms with Crippen molar-refractivity contribution in [1.82, 2.24) is 34.2 Å². The molecule has 0 amide bonds.